The number of aromatic nitrogens is 2. The van der Waals surface area contributed by atoms with Crippen molar-refractivity contribution in [1.82, 2.24) is 9.55 Å². The molecule has 1 aliphatic heterocycles. The van der Waals surface area contributed by atoms with Crippen molar-refractivity contribution >= 4 is 22.7 Å². The molecule has 0 radical (unpaired) electrons. The first-order valence-corrected chi connectivity index (χ1v) is 8.91. The van der Waals surface area contributed by atoms with Crippen LogP contribution in [0.1, 0.15) is 18.1 Å². The monoisotopic (exact) mass is 384 g/mol. The number of nitrogens with one attached hydrogen (secondary N) is 1. The van der Waals surface area contributed by atoms with Crippen molar-refractivity contribution < 1.29 is 19.5 Å². The van der Waals surface area contributed by atoms with Crippen molar-refractivity contribution in [3.8, 4) is 5.75 Å². The number of benzene rings is 2. The molecule has 1 atom stereocenters. The third-order valence-corrected chi connectivity index (χ3v) is 4.52. The van der Waals surface area contributed by atoms with Gasteiger partial charge in [-0.25, -0.2) is 4.98 Å². The van der Waals surface area contributed by atoms with E-state index in [2.05, 4.69) is 10.3 Å². The number of ether oxygens (including phenoxy) is 2. The summed E-state index contributed by atoms with van der Waals surface area (Å²) in [5.41, 5.74) is 2.99. The number of hydrogen-bond acceptors (Lipinski definition) is 7. The van der Waals surface area contributed by atoms with Crippen LogP contribution in [0.2, 0.25) is 0 Å². The Morgan fingerprint density at radius 1 is 1.39 bits per heavy atom. The number of aliphatic hydroxyl groups is 1. The second kappa shape index (κ2) is 7.45. The smallest absolute Gasteiger partial charge is 0.270 e. The predicted octanol–water partition coefficient (Wildman–Crippen LogP) is 2.65. The average Bonchev–Trinajstić information content (AvgIpc) is 3.04. The van der Waals surface area contributed by atoms with Crippen LogP contribution < -0.4 is 10.1 Å². The van der Waals surface area contributed by atoms with Crippen LogP contribution in [0.5, 0.6) is 5.75 Å². The van der Waals surface area contributed by atoms with E-state index in [0.29, 0.717) is 35.9 Å². The minimum Gasteiger partial charge on any atom is -0.467 e. The molecule has 9 heteroatoms. The Morgan fingerprint density at radius 3 is 3.00 bits per heavy atom. The molecule has 2 N–H and O–H groups in total. The summed E-state index contributed by atoms with van der Waals surface area (Å²) in [5, 5.41) is 24.1. The predicted molar refractivity (Wildman–Crippen MR) is 102 cm³/mol. The molecule has 0 spiro atoms. The Bertz CT molecular complexity index is 1030. The topological polar surface area (TPSA) is 112 Å². The van der Waals surface area contributed by atoms with Crippen molar-refractivity contribution in [3.63, 3.8) is 0 Å². The van der Waals surface area contributed by atoms with Crippen molar-refractivity contribution in [2.75, 3.05) is 18.7 Å². The molecule has 0 aliphatic carbocycles. The first-order chi connectivity index (χ1) is 13.5. The number of rotatable bonds is 6. The Morgan fingerprint density at radius 2 is 2.21 bits per heavy atom. The summed E-state index contributed by atoms with van der Waals surface area (Å²) in [4.78, 5) is 15.5. The molecule has 0 amide bonds. The SMILES string of the molecule is CC(O)CNc1nc2ccccc2n1Cc1cc([N+](=O)[O-])cc2c1OCOC2. The highest BCUT2D eigenvalue weighted by molar-refractivity contribution is 5.78. The maximum atomic E-state index is 11.4. The van der Waals surface area contributed by atoms with E-state index in [4.69, 9.17) is 9.47 Å². The second-order valence-electron chi connectivity index (χ2n) is 6.70. The number of imidazole rings is 1. The highest BCUT2D eigenvalue weighted by atomic mass is 16.7. The molecule has 0 fully saturated rings. The summed E-state index contributed by atoms with van der Waals surface area (Å²) >= 11 is 0. The van der Waals surface area contributed by atoms with Gasteiger partial charge in [-0.1, -0.05) is 12.1 Å². The van der Waals surface area contributed by atoms with Gasteiger partial charge in [0.25, 0.3) is 5.69 Å². The van der Waals surface area contributed by atoms with Crippen LogP contribution in [0.15, 0.2) is 36.4 Å². The van der Waals surface area contributed by atoms with Gasteiger partial charge >= 0.3 is 0 Å². The molecular weight excluding hydrogens is 364 g/mol. The van der Waals surface area contributed by atoms with E-state index in [1.165, 1.54) is 12.1 Å². The van der Waals surface area contributed by atoms with Crippen LogP contribution in [0, 0.1) is 10.1 Å². The van der Waals surface area contributed by atoms with Gasteiger partial charge in [0, 0.05) is 29.8 Å². The summed E-state index contributed by atoms with van der Waals surface area (Å²) in [7, 11) is 0. The number of nitro benzene ring substituents is 1. The summed E-state index contributed by atoms with van der Waals surface area (Å²) in [6.45, 7) is 2.72. The zero-order chi connectivity index (χ0) is 19.7. The Balaban J connectivity index is 1.80. The number of fused-ring (bicyclic) bond motifs is 2. The number of para-hydroxylation sites is 2. The van der Waals surface area contributed by atoms with E-state index in [1.807, 2.05) is 28.8 Å². The highest BCUT2D eigenvalue weighted by Gasteiger charge is 2.22. The average molecular weight is 384 g/mol. The van der Waals surface area contributed by atoms with Gasteiger partial charge in [-0.3, -0.25) is 10.1 Å². The lowest BCUT2D eigenvalue weighted by molar-refractivity contribution is -0.385. The second-order valence-corrected chi connectivity index (χ2v) is 6.70. The molecule has 3 aromatic rings. The molecule has 1 unspecified atom stereocenters. The minimum absolute atomic E-state index is 0.00856. The highest BCUT2D eigenvalue weighted by Crippen LogP contribution is 2.34. The van der Waals surface area contributed by atoms with Crippen LogP contribution in [-0.4, -0.2) is 39.0 Å². The van der Waals surface area contributed by atoms with E-state index >= 15 is 0 Å². The van der Waals surface area contributed by atoms with Gasteiger partial charge in [0.1, 0.15) is 5.75 Å². The summed E-state index contributed by atoms with van der Waals surface area (Å²) in [6, 6.07) is 10.6. The lowest BCUT2D eigenvalue weighted by Gasteiger charge is -2.21. The van der Waals surface area contributed by atoms with Gasteiger partial charge in [-0.2, -0.15) is 0 Å². The van der Waals surface area contributed by atoms with E-state index in [-0.39, 0.29) is 19.1 Å². The fourth-order valence-corrected chi connectivity index (χ4v) is 3.28. The summed E-state index contributed by atoms with van der Waals surface area (Å²) < 4.78 is 12.9. The molecule has 1 aliphatic rings. The van der Waals surface area contributed by atoms with Crippen LogP contribution in [-0.2, 0) is 17.9 Å². The number of non-ortho nitro benzene ring substituents is 1. The number of hydrogen-bond donors (Lipinski definition) is 2. The van der Waals surface area contributed by atoms with Crippen LogP contribution in [0.25, 0.3) is 11.0 Å². The molecule has 0 bridgehead atoms. The van der Waals surface area contributed by atoms with E-state index in [0.717, 1.165) is 11.0 Å². The fourth-order valence-electron chi connectivity index (χ4n) is 3.28. The molecule has 4 rings (SSSR count). The van der Waals surface area contributed by atoms with Crippen LogP contribution in [0.4, 0.5) is 11.6 Å². The van der Waals surface area contributed by atoms with Crippen molar-refractivity contribution in [2.45, 2.75) is 26.2 Å². The summed E-state index contributed by atoms with van der Waals surface area (Å²) in [6.07, 6.45) is -0.542. The first kappa shape index (κ1) is 18.2. The molecular formula is C19H20N4O5. The number of nitrogens with zero attached hydrogens (tertiary/aromatic N) is 3. The number of aliphatic hydroxyl groups excluding tert-OH is 1. The quantitative estimate of drug-likeness (QED) is 0.496. The van der Waals surface area contributed by atoms with E-state index in [1.54, 1.807) is 6.92 Å². The van der Waals surface area contributed by atoms with E-state index in [9.17, 15) is 15.2 Å². The lowest BCUT2D eigenvalue weighted by atomic mass is 10.1. The normalized spacial score (nSPS) is 14.4. The molecule has 2 heterocycles. The van der Waals surface area contributed by atoms with Gasteiger partial charge in [0.2, 0.25) is 5.95 Å². The van der Waals surface area contributed by atoms with Crippen LogP contribution in [0.3, 0.4) is 0 Å². The third kappa shape index (κ3) is 3.49. The van der Waals surface area contributed by atoms with E-state index < -0.39 is 11.0 Å². The largest absolute Gasteiger partial charge is 0.467 e. The summed E-state index contributed by atoms with van der Waals surface area (Å²) in [5.74, 6) is 1.19. The Labute approximate surface area is 160 Å². The lowest BCUT2D eigenvalue weighted by Crippen LogP contribution is -2.19. The zero-order valence-corrected chi connectivity index (χ0v) is 15.3. The van der Waals surface area contributed by atoms with Gasteiger partial charge in [-0.15, -0.1) is 0 Å². The van der Waals surface area contributed by atoms with Gasteiger partial charge in [0.05, 0.1) is 35.2 Å². The molecule has 9 nitrogen and oxygen atoms in total. The molecule has 146 valence electrons. The maximum absolute atomic E-state index is 11.4. The van der Waals surface area contributed by atoms with Gasteiger partial charge < -0.3 is 24.5 Å². The Kier molecular flexibility index (Phi) is 4.84. The maximum Gasteiger partial charge on any atom is 0.270 e. The molecule has 2 aromatic carbocycles. The minimum atomic E-state index is -0.542. The third-order valence-electron chi connectivity index (χ3n) is 4.52. The number of anilines is 1. The van der Waals surface area contributed by atoms with Crippen molar-refractivity contribution in [3.05, 3.63) is 57.6 Å². The van der Waals surface area contributed by atoms with Crippen molar-refractivity contribution in [2.24, 2.45) is 0 Å². The van der Waals surface area contributed by atoms with Crippen molar-refractivity contribution in [1.29, 1.82) is 0 Å². The molecule has 0 saturated carbocycles. The standard InChI is InChI=1S/C19H20N4O5/c1-12(24)8-20-19-21-16-4-2-3-5-17(16)22(19)9-13-6-15(23(25)26)7-14-10-27-11-28-18(13)14/h2-7,12,24H,8-11H2,1H3,(H,20,21). The molecule has 1 aromatic heterocycles. The van der Waals surface area contributed by atoms with Crippen LogP contribution >= 0.6 is 0 Å². The van der Waals surface area contributed by atoms with Gasteiger partial charge in [-0.05, 0) is 19.1 Å². The Hall–Kier alpha value is -3.17. The first-order valence-electron chi connectivity index (χ1n) is 8.91. The van der Waals surface area contributed by atoms with Gasteiger partial charge in [0.15, 0.2) is 6.79 Å². The number of nitro groups is 1. The molecule has 28 heavy (non-hydrogen) atoms. The zero-order valence-electron chi connectivity index (χ0n) is 15.3. The fraction of sp³-hybridized carbons (Fsp3) is 0.316. The molecule has 0 saturated heterocycles.